The van der Waals surface area contributed by atoms with Gasteiger partial charge < -0.3 is 15.2 Å². The van der Waals surface area contributed by atoms with E-state index in [0.717, 1.165) is 12.8 Å². The van der Waals surface area contributed by atoms with E-state index in [4.69, 9.17) is 9.84 Å². The van der Waals surface area contributed by atoms with Crippen molar-refractivity contribution in [1.82, 2.24) is 10.2 Å². The molecule has 0 radical (unpaired) electrons. The van der Waals surface area contributed by atoms with Crippen molar-refractivity contribution in [3.05, 3.63) is 34.4 Å². The van der Waals surface area contributed by atoms with Gasteiger partial charge in [0.15, 0.2) is 0 Å². The van der Waals surface area contributed by atoms with Crippen LogP contribution in [-0.2, 0) is 9.59 Å². The van der Waals surface area contributed by atoms with Gasteiger partial charge in [-0.15, -0.1) is 12.4 Å². The number of carbonyl (C=O) groups is 2. The molecule has 0 spiro atoms. The lowest BCUT2D eigenvalue weighted by Crippen LogP contribution is -2.44. The third-order valence-electron chi connectivity index (χ3n) is 3.69. The minimum atomic E-state index is -1.07. The lowest BCUT2D eigenvalue weighted by molar-refractivity contribution is -0.384. The Hall–Kier alpha value is -2.39. The number of non-ortho nitro benzene ring substituents is 1. The van der Waals surface area contributed by atoms with Crippen molar-refractivity contribution in [2.75, 3.05) is 26.2 Å². The number of carbonyl (C=O) groups excluding carboxylic acids is 1. The standard InChI is InChI=1S/C15H19N3O6.ClH/c19-14(16-9-15(20)21)10-17-7-5-13(6-8-17)24-12-3-1-11(2-4-12)18(22)23;/h1-4,13H,5-10H2,(H,16,19)(H,20,21);1H. The number of hydrogen-bond donors (Lipinski definition) is 2. The minimum Gasteiger partial charge on any atom is -0.490 e. The summed E-state index contributed by atoms with van der Waals surface area (Å²) in [7, 11) is 0. The lowest BCUT2D eigenvalue weighted by atomic mass is 10.1. The van der Waals surface area contributed by atoms with E-state index in [9.17, 15) is 19.7 Å². The van der Waals surface area contributed by atoms with Gasteiger partial charge in [-0.1, -0.05) is 0 Å². The molecule has 1 heterocycles. The minimum absolute atomic E-state index is 0. The van der Waals surface area contributed by atoms with Crippen LogP contribution in [0.15, 0.2) is 24.3 Å². The molecule has 1 saturated heterocycles. The normalized spacial score (nSPS) is 15.0. The van der Waals surface area contributed by atoms with Crippen LogP contribution < -0.4 is 10.1 Å². The zero-order valence-electron chi connectivity index (χ0n) is 13.4. The molecule has 1 aliphatic rings. The molecule has 1 fully saturated rings. The van der Waals surface area contributed by atoms with Crippen molar-refractivity contribution < 1.29 is 24.4 Å². The number of carboxylic acid groups (broad SMARTS) is 1. The first-order valence-corrected chi connectivity index (χ1v) is 7.56. The summed E-state index contributed by atoms with van der Waals surface area (Å²) in [5, 5.41) is 21.4. The number of carboxylic acids is 1. The van der Waals surface area contributed by atoms with Gasteiger partial charge in [-0.05, 0) is 25.0 Å². The number of nitro groups is 1. The van der Waals surface area contributed by atoms with Crippen LogP contribution in [0.1, 0.15) is 12.8 Å². The fourth-order valence-electron chi connectivity index (χ4n) is 2.46. The Morgan fingerprint density at radius 1 is 1.28 bits per heavy atom. The third kappa shape index (κ3) is 6.94. The molecular weight excluding hydrogens is 354 g/mol. The molecule has 1 aromatic carbocycles. The van der Waals surface area contributed by atoms with Crippen LogP contribution in [0.4, 0.5) is 5.69 Å². The number of benzene rings is 1. The van der Waals surface area contributed by atoms with Crippen molar-refractivity contribution in [1.29, 1.82) is 0 Å². The Balaban J connectivity index is 0.00000312. The molecule has 2 N–H and O–H groups in total. The second-order valence-corrected chi connectivity index (χ2v) is 5.51. The number of aliphatic carboxylic acids is 1. The van der Waals surface area contributed by atoms with Crippen molar-refractivity contribution in [2.24, 2.45) is 0 Å². The lowest BCUT2D eigenvalue weighted by Gasteiger charge is -2.31. The fourth-order valence-corrected chi connectivity index (χ4v) is 2.46. The van der Waals surface area contributed by atoms with Crippen molar-refractivity contribution in [2.45, 2.75) is 18.9 Å². The summed E-state index contributed by atoms with van der Waals surface area (Å²) in [6.07, 6.45) is 1.44. The Bertz CT molecular complexity index is 602. The average molecular weight is 374 g/mol. The molecule has 1 aromatic rings. The quantitative estimate of drug-likeness (QED) is 0.541. The highest BCUT2D eigenvalue weighted by atomic mass is 35.5. The monoisotopic (exact) mass is 373 g/mol. The number of likely N-dealkylation sites (tertiary alicyclic amines) is 1. The maximum absolute atomic E-state index is 11.6. The van der Waals surface area contributed by atoms with Gasteiger partial charge in [0, 0.05) is 25.2 Å². The number of hydrogen-bond acceptors (Lipinski definition) is 6. The summed E-state index contributed by atoms with van der Waals surface area (Å²) in [4.78, 5) is 34.0. The predicted octanol–water partition coefficient (Wildman–Crippen LogP) is 1.06. The Labute approximate surface area is 150 Å². The number of nitro benzene ring substituents is 1. The largest absolute Gasteiger partial charge is 0.490 e. The number of halogens is 1. The van der Waals surface area contributed by atoms with Gasteiger partial charge in [-0.3, -0.25) is 24.6 Å². The van der Waals surface area contributed by atoms with E-state index in [1.54, 1.807) is 12.1 Å². The highest BCUT2D eigenvalue weighted by Crippen LogP contribution is 2.21. The third-order valence-corrected chi connectivity index (χ3v) is 3.69. The highest BCUT2D eigenvalue weighted by Gasteiger charge is 2.22. The molecule has 1 amide bonds. The average Bonchev–Trinajstić information content (AvgIpc) is 2.55. The predicted molar refractivity (Wildman–Crippen MR) is 91.1 cm³/mol. The number of ether oxygens (including phenoxy) is 1. The van der Waals surface area contributed by atoms with E-state index in [-0.39, 0.29) is 43.2 Å². The first-order chi connectivity index (χ1) is 11.4. The van der Waals surface area contributed by atoms with Crippen molar-refractivity contribution in [3.8, 4) is 5.75 Å². The zero-order valence-corrected chi connectivity index (χ0v) is 14.2. The molecule has 0 atom stereocenters. The molecule has 0 bridgehead atoms. The van der Waals surface area contributed by atoms with Gasteiger partial charge in [0.1, 0.15) is 18.4 Å². The van der Waals surface area contributed by atoms with Crippen LogP contribution in [0.5, 0.6) is 5.75 Å². The molecule has 1 aliphatic heterocycles. The summed E-state index contributed by atoms with van der Waals surface area (Å²) in [6.45, 7) is 1.12. The van der Waals surface area contributed by atoms with Gasteiger partial charge in [0.25, 0.3) is 5.69 Å². The summed E-state index contributed by atoms with van der Waals surface area (Å²) in [5.41, 5.74) is 0.0181. The van der Waals surface area contributed by atoms with Crippen LogP contribution in [0.2, 0.25) is 0 Å². The number of amides is 1. The zero-order chi connectivity index (χ0) is 17.5. The summed E-state index contributed by atoms with van der Waals surface area (Å²) in [6, 6.07) is 5.95. The molecule has 2 rings (SSSR count). The topological polar surface area (TPSA) is 122 Å². The smallest absolute Gasteiger partial charge is 0.322 e. The van der Waals surface area contributed by atoms with Gasteiger partial charge in [0.05, 0.1) is 11.5 Å². The van der Waals surface area contributed by atoms with Crippen LogP contribution in [-0.4, -0.2) is 59.1 Å². The Kier molecular flexibility index (Phi) is 8.09. The molecule has 0 aromatic heterocycles. The highest BCUT2D eigenvalue weighted by molar-refractivity contribution is 5.85. The molecule has 0 saturated carbocycles. The fraction of sp³-hybridized carbons (Fsp3) is 0.467. The molecule has 0 unspecified atom stereocenters. The Morgan fingerprint density at radius 3 is 2.40 bits per heavy atom. The van der Waals surface area contributed by atoms with E-state index in [2.05, 4.69) is 5.32 Å². The SMILES string of the molecule is Cl.O=C(O)CNC(=O)CN1CCC(Oc2ccc([N+](=O)[O-])cc2)CC1. The number of nitrogens with zero attached hydrogens (tertiary/aromatic N) is 2. The first kappa shape index (κ1) is 20.7. The van der Waals surface area contributed by atoms with Crippen LogP contribution in [0, 0.1) is 10.1 Å². The van der Waals surface area contributed by atoms with Crippen LogP contribution in [0.25, 0.3) is 0 Å². The number of nitrogens with one attached hydrogen (secondary N) is 1. The van der Waals surface area contributed by atoms with Gasteiger partial charge >= 0.3 is 5.97 Å². The molecule has 138 valence electrons. The summed E-state index contributed by atoms with van der Waals surface area (Å²) < 4.78 is 5.79. The van der Waals surface area contributed by atoms with Gasteiger partial charge in [-0.25, -0.2) is 0 Å². The van der Waals surface area contributed by atoms with Gasteiger partial charge in [-0.2, -0.15) is 0 Å². The van der Waals surface area contributed by atoms with E-state index in [1.807, 2.05) is 4.90 Å². The molecule has 10 heteroatoms. The number of piperidine rings is 1. The van der Waals surface area contributed by atoms with E-state index in [1.165, 1.54) is 12.1 Å². The first-order valence-electron chi connectivity index (χ1n) is 7.56. The maximum Gasteiger partial charge on any atom is 0.322 e. The van der Waals surface area contributed by atoms with Crippen molar-refractivity contribution >= 4 is 30.0 Å². The maximum atomic E-state index is 11.6. The van der Waals surface area contributed by atoms with Crippen molar-refractivity contribution in [3.63, 3.8) is 0 Å². The summed E-state index contributed by atoms with van der Waals surface area (Å²) >= 11 is 0. The van der Waals surface area contributed by atoms with E-state index >= 15 is 0 Å². The molecule has 9 nitrogen and oxygen atoms in total. The van der Waals surface area contributed by atoms with Crippen LogP contribution >= 0.6 is 12.4 Å². The second kappa shape index (κ2) is 9.80. The molecule has 25 heavy (non-hydrogen) atoms. The van der Waals surface area contributed by atoms with Crippen LogP contribution in [0.3, 0.4) is 0 Å². The second-order valence-electron chi connectivity index (χ2n) is 5.51. The summed E-state index contributed by atoms with van der Waals surface area (Å²) in [5.74, 6) is -0.802. The molecule has 0 aliphatic carbocycles. The van der Waals surface area contributed by atoms with E-state index < -0.39 is 10.9 Å². The Morgan fingerprint density at radius 2 is 1.88 bits per heavy atom. The molecular formula is C15H20ClN3O6. The van der Waals surface area contributed by atoms with Gasteiger partial charge in [0.2, 0.25) is 5.91 Å². The number of rotatable bonds is 7. The van der Waals surface area contributed by atoms with E-state index in [0.29, 0.717) is 18.8 Å².